The summed E-state index contributed by atoms with van der Waals surface area (Å²) in [6.07, 6.45) is 3.69. The summed E-state index contributed by atoms with van der Waals surface area (Å²) in [5.41, 5.74) is 2.96. The molecule has 1 aliphatic rings. The van der Waals surface area contributed by atoms with Gasteiger partial charge in [-0.25, -0.2) is 0 Å². The molecule has 3 unspecified atom stereocenters. The second-order valence-electron chi connectivity index (χ2n) is 6.14. The van der Waals surface area contributed by atoms with E-state index >= 15 is 0 Å². The molecule has 0 aromatic heterocycles. The van der Waals surface area contributed by atoms with Crippen molar-refractivity contribution in [3.63, 3.8) is 0 Å². The van der Waals surface area contributed by atoms with E-state index in [-0.39, 0.29) is 0 Å². The largest absolute Gasteiger partial charge is 0.313 e. The van der Waals surface area contributed by atoms with Crippen LogP contribution in [-0.2, 0) is 6.42 Å². The second-order valence-corrected chi connectivity index (χ2v) is 6.14. The number of hydrogen-bond acceptors (Lipinski definition) is 1. The zero-order valence-corrected chi connectivity index (χ0v) is 12.8. The van der Waals surface area contributed by atoms with Gasteiger partial charge < -0.3 is 5.32 Å². The minimum absolute atomic E-state index is 0.609. The van der Waals surface area contributed by atoms with E-state index in [2.05, 4.69) is 72.9 Å². The molecule has 21 heavy (non-hydrogen) atoms. The van der Waals surface area contributed by atoms with Crippen LogP contribution in [0.1, 0.15) is 36.8 Å². The van der Waals surface area contributed by atoms with E-state index < -0.39 is 0 Å². The van der Waals surface area contributed by atoms with Gasteiger partial charge in [0.1, 0.15) is 0 Å². The molecule has 0 radical (unpaired) electrons. The molecule has 3 atom stereocenters. The Hall–Kier alpha value is -1.60. The number of rotatable bonds is 5. The van der Waals surface area contributed by atoms with E-state index in [0.29, 0.717) is 12.0 Å². The van der Waals surface area contributed by atoms with Crippen LogP contribution >= 0.6 is 0 Å². The highest BCUT2D eigenvalue weighted by molar-refractivity contribution is 5.23. The Bertz CT molecular complexity index is 534. The summed E-state index contributed by atoms with van der Waals surface area (Å²) in [6.45, 7) is 3.47. The van der Waals surface area contributed by atoms with Crippen LogP contribution in [0.15, 0.2) is 60.7 Å². The molecule has 1 heterocycles. The number of nitrogens with one attached hydrogen (secondary N) is 1. The fourth-order valence-corrected chi connectivity index (χ4v) is 3.80. The first-order valence-corrected chi connectivity index (χ1v) is 8.20. The summed E-state index contributed by atoms with van der Waals surface area (Å²) in [4.78, 5) is 0. The molecule has 0 bridgehead atoms. The Kier molecular flexibility index (Phi) is 4.72. The van der Waals surface area contributed by atoms with Crippen molar-refractivity contribution in [3.05, 3.63) is 71.8 Å². The molecule has 0 spiro atoms. The van der Waals surface area contributed by atoms with Crippen molar-refractivity contribution in [2.75, 3.05) is 6.54 Å². The van der Waals surface area contributed by atoms with Crippen molar-refractivity contribution in [1.82, 2.24) is 5.32 Å². The zero-order chi connectivity index (χ0) is 14.5. The van der Waals surface area contributed by atoms with Crippen LogP contribution in [0.25, 0.3) is 0 Å². The van der Waals surface area contributed by atoms with Crippen molar-refractivity contribution in [1.29, 1.82) is 0 Å². The molecular formula is C20H25N. The van der Waals surface area contributed by atoms with Crippen molar-refractivity contribution in [2.24, 2.45) is 5.92 Å². The summed E-state index contributed by atoms with van der Waals surface area (Å²) in [6, 6.07) is 22.6. The molecule has 2 aromatic rings. The monoisotopic (exact) mass is 279 g/mol. The van der Waals surface area contributed by atoms with Gasteiger partial charge in [0, 0.05) is 6.04 Å². The van der Waals surface area contributed by atoms with Crippen LogP contribution in [0.2, 0.25) is 0 Å². The van der Waals surface area contributed by atoms with Crippen LogP contribution in [0, 0.1) is 5.92 Å². The van der Waals surface area contributed by atoms with Gasteiger partial charge in [0.05, 0.1) is 0 Å². The van der Waals surface area contributed by atoms with Gasteiger partial charge in [0.2, 0.25) is 0 Å². The van der Waals surface area contributed by atoms with E-state index in [1.54, 1.807) is 0 Å². The quantitative estimate of drug-likeness (QED) is 0.855. The van der Waals surface area contributed by atoms with Gasteiger partial charge in [-0.2, -0.15) is 0 Å². The average molecular weight is 279 g/mol. The summed E-state index contributed by atoms with van der Waals surface area (Å²) in [7, 11) is 0. The van der Waals surface area contributed by atoms with Crippen molar-refractivity contribution in [3.8, 4) is 0 Å². The van der Waals surface area contributed by atoms with E-state index in [4.69, 9.17) is 0 Å². The third-order valence-electron chi connectivity index (χ3n) is 4.84. The third-order valence-corrected chi connectivity index (χ3v) is 4.84. The lowest BCUT2D eigenvalue weighted by molar-refractivity contribution is 0.373. The molecule has 110 valence electrons. The van der Waals surface area contributed by atoms with Crippen molar-refractivity contribution >= 4 is 0 Å². The zero-order valence-electron chi connectivity index (χ0n) is 12.8. The Morgan fingerprint density at radius 2 is 1.67 bits per heavy atom. The normalized spacial score (nSPS) is 23.1. The van der Waals surface area contributed by atoms with Crippen LogP contribution in [0.5, 0.6) is 0 Å². The minimum atomic E-state index is 0.609. The van der Waals surface area contributed by atoms with Crippen LogP contribution in [0.3, 0.4) is 0 Å². The lowest BCUT2D eigenvalue weighted by atomic mass is 9.80. The van der Waals surface area contributed by atoms with E-state index in [1.807, 2.05) is 0 Å². The van der Waals surface area contributed by atoms with Gasteiger partial charge in [-0.05, 0) is 48.8 Å². The van der Waals surface area contributed by atoms with E-state index in [9.17, 15) is 0 Å². The predicted molar refractivity (Wildman–Crippen MR) is 89.5 cm³/mol. The topological polar surface area (TPSA) is 12.0 Å². The van der Waals surface area contributed by atoms with E-state index in [0.717, 1.165) is 12.5 Å². The molecular weight excluding hydrogens is 254 g/mol. The molecule has 1 N–H and O–H groups in total. The minimum Gasteiger partial charge on any atom is -0.313 e. The van der Waals surface area contributed by atoms with Gasteiger partial charge in [-0.15, -0.1) is 0 Å². The highest BCUT2D eigenvalue weighted by Crippen LogP contribution is 2.33. The maximum absolute atomic E-state index is 3.78. The van der Waals surface area contributed by atoms with Crippen molar-refractivity contribution in [2.45, 2.75) is 38.1 Å². The standard InChI is InChI=1S/C20H25N/c1-2-19(17-11-7-4-8-12-17)20-18(13-14-21-20)15-16-9-5-3-6-10-16/h3-12,18-21H,2,13-15H2,1H3. The summed E-state index contributed by atoms with van der Waals surface area (Å²) in [5, 5.41) is 3.78. The first-order valence-electron chi connectivity index (χ1n) is 8.20. The van der Waals surface area contributed by atoms with Crippen LogP contribution in [0.4, 0.5) is 0 Å². The van der Waals surface area contributed by atoms with Gasteiger partial charge in [-0.1, -0.05) is 67.6 Å². The third kappa shape index (κ3) is 3.36. The highest BCUT2D eigenvalue weighted by atomic mass is 15.0. The second kappa shape index (κ2) is 6.91. The lowest BCUT2D eigenvalue weighted by Crippen LogP contribution is -2.34. The lowest BCUT2D eigenvalue weighted by Gasteiger charge is -2.28. The molecule has 1 saturated heterocycles. The molecule has 1 fully saturated rings. The molecule has 0 amide bonds. The van der Waals surface area contributed by atoms with Crippen LogP contribution < -0.4 is 5.32 Å². The summed E-state index contributed by atoms with van der Waals surface area (Å²) in [5.74, 6) is 1.37. The molecule has 1 nitrogen and oxygen atoms in total. The molecule has 0 saturated carbocycles. The fourth-order valence-electron chi connectivity index (χ4n) is 3.80. The maximum Gasteiger partial charge on any atom is 0.0168 e. The fraction of sp³-hybridized carbons (Fsp3) is 0.400. The number of benzene rings is 2. The Morgan fingerprint density at radius 3 is 2.33 bits per heavy atom. The summed E-state index contributed by atoms with van der Waals surface area (Å²) >= 11 is 0. The van der Waals surface area contributed by atoms with E-state index in [1.165, 1.54) is 30.4 Å². The maximum atomic E-state index is 3.78. The van der Waals surface area contributed by atoms with Crippen molar-refractivity contribution < 1.29 is 0 Å². The first-order chi connectivity index (χ1) is 10.4. The first kappa shape index (κ1) is 14.3. The average Bonchev–Trinajstić information content (AvgIpc) is 2.98. The van der Waals surface area contributed by atoms with Gasteiger partial charge in [0.15, 0.2) is 0 Å². The summed E-state index contributed by atoms with van der Waals surface area (Å²) < 4.78 is 0. The highest BCUT2D eigenvalue weighted by Gasteiger charge is 2.33. The van der Waals surface area contributed by atoms with Gasteiger partial charge >= 0.3 is 0 Å². The Balaban J connectivity index is 1.76. The molecule has 1 heteroatoms. The molecule has 3 rings (SSSR count). The number of hydrogen-bond donors (Lipinski definition) is 1. The van der Waals surface area contributed by atoms with Gasteiger partial charge in [0.25, 0.3) is 0 Å². The smallest absolute Gasteiger partial charge is 0.0168 e. The van der Waals surface area contributed by atoms with Crippen LogP contribution in [-0.4, -0.2) is 12.6 Å². The molecule has 1 aliphatic heterocycles. The molecule has 2 aromatic carbocycles. The Labute approximate surface area is 128 Å². The Morgan fingerprint density at radius 1 is 1.00 bits per heavy atom. The van der Waals surface area contributed by atoms with Gasteiger partial charge in [-0.3, -0.25) is 0 Å². The predicted octanol–water partition coefficient (Wildman–Crippen LogP) is 4.40. The molecule has 0 aliphatic carbocycles. The SMILES string of the molecule is CCC(c1ccccc1)C1NCCC1Cc1ccccc1.